The van der Waals surface area contributed by atoms with Crippen LogP contribution in [0, 0.1) is 0 Å². The molecule has 6 nitrogen and oxygen atoms in total. The predicted octanol–water partition coefficient (Wildman–Crippen LogP) is -0.0658. The van der Waals surface area contributed by atoms with E-state index in [4.69, 9.17) is 15.2 Å². The van der Waals surface area contributed by atoms with Gasteiger partial charge in [-0.25, -0.2) is 0 Å². The maximum atomic E-state index is 12.5. The fourth-order valence-corrected chi connectivity index (χ4v) is 2.20. The van der Waals surface area contributed by atoms with Gasteiger partial charge in [0.15, 0.2) is 0 Å². The molecule has 0 radical (unpaired) electrons. The first-order valence-electron chi connectivity index (χ1n) is 6.51. The van der Waals surface area contributed by atoms with Crippen molar-refractivity contribution < 1.29 is 14.3 Å². The zero-order valence-electron chi connectivity index (χ0n) is 11.2. The smallest absolute Gasteiger partial charge is 0.270 e. The molecule has 1 aromatic heterocycles. The van der Waals surface area contributed by atoms with Crippen LogP contribution in [0.5, 0.6) is 0 Å². The maximum absolute atomic E-state index is 12.5. The molecular formula is C13H21N3O3. The van der Waals surface area contributed by atoms with E-state index in [-0.39, 0.29) is 12.0 Å². The number of morpholine rings is 1. The van der Waals surface area contributed by atoms with Crippen LogP contribution in [0.1, 0.15) is 10.5 Å². The summed E-state index contributed by atoms with van der Waals surface area (Å²) in [4.78, 5) is 14.3. The van der Waals surface area contributed by atoms with Gasteiger partial charge in [-0.2, -0.15) is 0 Å². The lowest BCUT2D eigenvalue weighted by Crippen LogP contribution is -2.48. The molecule has 0 spiro atoms. The van der Waals surface area contributed by atoms with Gasteiger partial charge in [-0.15, -0.1) is 0 Å². The summed E-state index contributed by atoms with van der Waals surface area (Å²) in [6.07, 6.45) is 1.84. The molecule has 1 fully saturated rings. The quantitative estimate of drug-likeness (QED) is 0.811. The van der Waals surface area contributed by atoms with E-state index in [1.54, 1.807) is 12.0 Å². The van der Waals surface area contributed by atoms with Gasteiger partial charge in [0.25, 0.3) is 5.91 Å². The molecule has 1 amide bonds. The first kappa shape index (κ1) is 14.0. The molecule has 1 atom stereocenters. The third-order valence-electron chi connectivity index (χ3n) is 3.27. The van der Waals surface area contributed by atoms with Crippen molar-refractivity contribution in [1.82, 2.24) is 9.47 Å². The van der Waals surface area contributed by atoms with E-state index in [0.717, 1.165) is 0 Å². The van der Waals surface area contributed by atoms with Crippen LogP contribution in [0.15, 0.2) is 18.3 Å². The summed E-state index contributed by atoms with van der Waals surface area (Å²) in [5.74, 6) is 0.0304. The number of hydrogen-bond donors (Lipinski definition) is 1. The molecule has 0 aliphatic carbocycles. The van der Waals surface area contributed by atoms with Crippen molar-refractivity contribution in [1.29, 1.82) is 0 Å². The maximum Gasteiger partial charge on any atom is 0.270 e. The Morgan fingerprint density at radius 2 is 2.47 bits per heavy atom. The highest BCUT2D eigenvalue weighted by molar-refractivity contribution is 5.92. The number of hydrogen-bond acceptors (Lipinski definition) is 4. The van der Waals surface area contributed by atoms with Crippen LogP contribution >= 0.6 is 0 Å². The summed E-state index contributed by atoms with van der Waals surface area (Å²) in [5, 5.41) is 0. The van der Waals surface area contributed by atoms with Gasteiger partial charge in [-0.3, -0.25) is 4.79 Å². The Hall–Kier alpha value is -1.37. The van der Waals surface area contributed by atoms with E-state index in [2.05, 4.69) is 0 Å². The number of rotatable bonds is 5. The molecule has 6 heteroatoms. The fraction of sp³-hybridized carbons (Fsp3) is 0.615. The minimum Gasteiger partial charge on any atom is -0.383 e. The van der Waals surface area contributed by atoms with Gasteiger partial charge in [0.1, 0.15) is 5.69 Å². The van der Waals surface area contributed by atoms with Gasteiger partial charge >= 0.3 is 0 Å². The summed E-state index contributed by atoms with van der Waals surface area (Å²) in [6, 6.07) is 3.72. The fourth-order valence-electron chi connectivity index (χ4n) is 2.20. The third kappa shape index (κ3) is 3.34. The van der Waals surface area contributed by atoms with Crippen molar-refractivity contribution in [3.05, 3.63) is 24.0 Å². The average Bonchev–Trinajstić information content (AvgIpc) is 2.92. The highest BCUT2D eigenvalue weighted by Gasteiger charge is 2.25. The van der Waals surface area contributed by atoms with Crippen LogP contribution in [0.3, 0.4) is 0 Å². The van der Waals surface area contributed by atoms with E-state index in [1.807, 2.05) is 22.9 Å². The highest BCUT2D eigenvalue weighted by Crippen LogP contribution is 2.11. The zero-order valence-corrected chi connectivity index (χ0v) is 11.2. The molecule has 0 saturated carbocycles. The van der Waals surface area contributed by atoms with Gasteiger partial charge in [-0.05, 0) is 12.1 Å². The molecular weight excluding hydrogens is 246 g/mol. The molecule has 1 unspecified atom stereocenters. The van der Waals surface area contributed by atoms with Crippen LogP contribution in [-0.4, -0.2) is 61.4 Å². The third-order valence-corrected chi connectivity index (χ3v) is 3.27. The van der Waals surface area contributed by atoms with E-state index in [9.17, 15) is 4.79 Å². The minimum atomic E-state index is -0.0555. The molecule has 106 valence electrons. The number of methoxy groups -OCH3 is 1. The summed E-state index contributed by atoms with van der Waals surface area (Å²) in [5.41, 5.74) is 6.28. The number of carbonyl (C=O) groups is 1. The van der Waals surface area contributed by atoms with Crippen molar-refractivity contribution in [2.45, 2.75) is 12.6 Å². The first-order valence-corrected chi connectivity index (χ1v) is 6.51. The lowest BCUT2D eigenvalue weighted by atomic mass is 10.2. The van der Waals surface area contributed by atoms with Gasteiger partial charge in [0.2, 0.25) is 0 Å². The Morgan fingerprint density at radius 1 is 1.63 bits per heavy atom. The van der Waals surface area contributed by atoms with Crippen molar-refractivity contribution >= 4 is 5.91 Å². The van der Waals surface area contributed by atoms with Crippen LogP contribution in [-0.2, 0) is 16.0 Å². The number of amides is 1. The Kier molecular flexibility index (Phi) is 4.95. The number of carbonyl (C=O) groups excluding carboxylic acids is 1. The van der Waals surface area contributed by atoms with E-state index in [1.165, 1.54) is 0 Å². The van der Waals surface area contributed by atoms with E-state index >= 15 is 0 Å². The Morgan fingerprint density at radius 3 is 3.21 bits per heavy atom. The molecule has 0 aromatic carbocycles. The molecule has 2 heterocycles. The molecule has 1 aliphatic heterocycles. The summed E-state index contributed by atoms with van der Waals surface area (Å²) < 4.78 is 12.4. The first-order chi connectivity index (χ1) is 9.26. The number of aromatic nitrogens is 1. The summed E-state index contributed by atoms with van der Waals surface area (Å²) >= 11 is 0. The topological polar surface area (TPSA) is 69.7 Å². The minimum absolute atomic E-state index is 0.0304. The van der Waals surface area contributed by atoms with Crippen molar-refractivity contribution in [3.63, 3.8) is 0 Å². The Balaban J connectivity index is 2.04. The van der Waals surface area contributed by atoms with Crippen LogP contribution < -0.4 is 5.73 Å². The number of nitrogens with zero attached hydrogens (tertiary/aromatic N) is 2. The average molecular weight is 267 g/mol. The van der Waals surface area contributed by atoms with Crippen LogP contribution in [0.25, 0.3) is 0 Å². The second-order valence-electron chi connectivity index (χ2n) is 4.56. The van der Waals surface area contributed by atoms with E-state index < -0.39 is 0 Å². The van der Waals surface area contributed by atoms with Crippen molar-refractivity contribution in [2.24, 2.45) is 5.73 Å². The Bertz CT molecular complexity index is 419. The van der Waals surface area contributed by atoms with Gasteiger partial charge in [-0.1, -0.05) is 0 Å². The summed E-state index contributed by atoms with van der Waals surface area (Å²) in [6.45, 7) is 3.43. The second kappa shape index (κ2) is 6.70. The Labute approximate surface area is 113 Å². The SMILES string of the molecule is COCCn1cccc1C(=O)N1CCOC(CN)C1. The van der Waals surface area contributed by atoms with Crippen molar-refractivity contribution in [3.8, 4) is 0 Å². The predicted molar refractivity (Wildman–Crippen MR) is 71.0 cm³/mol. The largest absolute Gasteiger partial charge is 0.383 e. The van der Waals surface area contributed by atoms with E-state index in [0.29, 0.717) is 45.1 Å². The second-order valence-corrected chi connectivity index (χ2v) is 4.56. The monoisotopic (exact) mass is 267 g/mol. The van der Waals surface area contributed by atoms with Gasteiger partial charge < -0.3 is 24.7 Å². The molecule has 2 rings (SSSR count). The summed E-state index contributed by atoms with van der Waals surface area (Å²) in [7, 11) is 1.65. The molecule has 2 N–H and O–H groups in total. The molecule has 1 aromatic rings. The standard InChI is InChI=1S/C13H21N3O3/c1-18-7-5-15-4-2-3-12(15)13(17)16-6-8-19-11(9-14)10-16/h2-4,11H,5-10,14H2,1H3. The number of nitrogens with two attached hydrogens (primary N) is 1. The lowest BCUT2D eigenvalue weighted by Gasteiger charge is -2.32. The molecule has 19 heavy (non-hydrogen) atoms. The number of ether oxygens (including phenoxy) is 2. The normalized spacial score (nSPS) is 19.7. The molecule has 1 saturated heterocycles. The highest BCUT2D eigenvalue weighted by atomic mass is 16.5. The van der Waals surface area contributed by atoms with Gasteiger partial charge in [0.05, 0.1) is 19.3 Å². The van der Waals surface area contributed by atoms with Crippen LogP contribution in [0.2, 0.25) is 0 Å². The van der Waals surface area contributed by atoms with Crippen LogP contribution in [0.4, 0.5) is 0 Å². The lowest BCUT2D eigenvalue weighted by molar-refractivity contribution is -0.0171. The van der Waals surface area contributed by atoms with Crippen molar-refractivity contribution in [2.75, 3.05) is 40.0 Å². The van der Waals surface area contributed by atoms with Gasteiger partial charge in [0, 0.05) is 39.5 Å². The molecule has 1 aliphatic rings. The zero-order chi connectivity index (χ0) is 13.7. The molecule has 0 bridgehead atoms.